The number of anilines is 1. The van der Waals surface area contributed by atoms with Crippen molar-refractivity contribution >= 4 is 21.7 Å². The van der Waals surface area contributed by atoms with Crippen LogP contribution >= 0.6 is 15.9 Å². The standard InChI is InChI=1S/C12H17BrFN3O/c1-3-10-11(14)12(16-7-15-10)17-5-9(4-13)18-6-8(17)2/h7-9H,3-6H2,1-2H3. The molecule has 2 rings (SSSR count). The van der Waals surface area contributed by atoms with E-state index < -0.39 is 0 Å². The molecule has 0 saturated carbocycles. The molecule has 1 aliphatic rings. The molecular formula is C12H17BrFN3O. The highest BCUT2D eigenvalue weighted by Crippen LogP contribution is 2.24. The lowest BCUT2D eigenvalue weighted by atomic mass is 10.2. The molecule has 1 fully saturated rings. The third-order valence-corrected chi connectivity index (χ3v) is 3.85. The van der Waals surface area contributed by atoms with Gasteiger partial charge in [-0.15, -0.1) is 0 Å². The van der Waals surface area contributed by atoms with Gasteiger partial charge in [0.1, 0.15) is 6.33 Å². The Bertz CT molecular complexity index is 418. The summed E-state index contributed by atoms with van der Waals surface area (Å²) in [5, 5.41) is 0.740. The van der Waals surface area contributed by atoms with Crippen LogP contribution in [0.3, 0.4) is 0 Å². The number of morpholine rings is 1. The molecule has 0 N–H and O–H groups in total. The van der Waals surface area contributed by atoms with Gasteiger partial charge in [-0.1, -0.05) is 22.9 Å². The molecule has 2 unspecified atom stereocenters. The molecule has 100 valence electrons. The zero-order valence-corrected chi connectivity index (χ0v) is 12.2. The number of ether oxygens (including phenoxy) is 1. The van der Waals surface area contributed by atoms with Crippen LogP contribution in [0.15, 0.2) is 6.33 Å². The normalized spacial score (nSPS) is 24.3. The van der Waals surface area contributed by atoms with Gasteiger partial charge in [-0.3, -0.25) is 0 Å². The third-order valence-electron chi connectivity index (χ3n) is 3.13. The molecule has 1 aliphatic heterocycles. The number of halogens is 2. The number of hydrogen-bond donors (Lipinski definition) is 0. The van der Waals surface area contributed by atoms with Gasteiger partial charge in [-0.25, -0.2) is 14.4 Å². The van der Waals surface area contributed by atoms with Crippen molar-refractivity contribution in [3.63, 3.8) is 0 Å². The van der Waals surface area contributed by atoms with E-state index in [1.165, 1.54) is 6.33 Å². The Balaban J connectivity index is 2.28. The highest BCUT2D eigenvalue weighted by molar-refractivity contribution is 9.09. The molecule has 0 radical (unpaired) electrons. The summed E-state index contributed by atoms with van der Waals surface area (Å²) in [6.45, 7) is 5.13. The molecule has 4 nitrogen and oxygen atoms in total. The molecule has 1 saturated heterocycles. The fraction of sp³-hybridized carbons (Fsp3) is 0.667. The minimum Gasteiger partial charge on any atom is -0.373 e. The number of nitrogens with zero attached hydrogens (tertiary/aromatic N) is 3. The zero-order chi connectivity index (χ0) is 13.1. The smallest absolute Gasteiger partial charge is 0.187 e. The average Bonchev–Trinajstić information content (AvgIpc) is 2.40. The van der Waals surface area contributed by atoms with E-state index in [1.807, 2.05) is 18.7 Å². The largest absolute Gasteiger partial charge is 0.373 e. The SMILES string of the molecule is CCc1ncnc(N2CC(CBr)OCC2C)c1F. The van der Waals surface area contributed by atoms with Crippen molar-refractivity contribution in [3.8, 4) is 0 Å². The zero-order valence-electron chi connectivity index (χ0n) is 10.6. The van der Waals surface area contributed by atoms with Crippen LogP contribution in [-0.4, -0.2) is 40.6 Å². The Labute approximate surface area is 115 Å². The predicted molar refractivity (Wildman–Crippen MR) is 71.7 cm³/mol. The number of aryl methyl sites for hydroxylation is 1. The molecule has 6 heteroatoms. The number of aromatic nitrogens is 2. The van der Waals surface area contributed by atoms with Crippen molar-refractivity contribution in [1.29, 1.82) is 0 Å². The van der Waals surface area contributed by atoms with Crippen LogP contribution in [0.2, 0.25) is 0 Å². The highest BCUT2D eigenvalue weighted by atomic mass is 79.9. The molecule has 1 aromatic rings. The molecular weight excluding hydrogens is 301 g/mol. The van der Waals surface area contributed by atoms with Crippen molar-refractivity contribution in [2.45, 2.75) is 32.4 Å². The van der Waals surface area contributed by atoms with Crippen LogP contribution < -0.4 is 4.90 Å². The van der Waals surface area contributed by atoms with Gasteiger partial charge >= 0.3 is 0 Å². The van der Waals surface area contributed by atoms with Crippen molar-refractivity contribution in [2.75, 3.05) is 23.4 Å². The second-order valence-corrected chi connectivity index (χ2v) is 5.07. The Morgan fingerprint density at radius 1 is 1.56 bits per heavy atom. The first-order chi connectivity index (χ1) is 8.67. The van der Waals surface area contributed by atoms with Crippen LogP contribution in [0.25, 0.3) is 0 Å². The summed E-state index contributed by atoms with van der Waals surface area (Å²) in [6, 6.07) is 0.120. The van der Waals surface area contributed by atoms with Crippen LogP contribution in [0.1, 0.15) is 19.5 Å². The molecule has 0 spiro atoms. The fourth-order valence-electron chi connectivity index (χ4n) is 2.05. The topological polar surface area (TPSA) is 38.2 Å². The molecule has 0 amide bonds. The Morgan fingerprint density at radius 2 is 2.33 bits per heavy atom. The van der Waals surface area contributed by atoms with Gasteiger partial charge in [-0.05, 0) is 13.3 Å². The molecule has 18 heavy (non-hydrogen) atoms. The van der Waals surface area contributed by atoms with E-state index in [2.05, 4.69) is 25.9 Å². The molecule has 2 heterocycles. The van der Waals surface area contributed by atoms with Crippen molar-refractivity contribution in [2.24, 2.45) is 0 Å². The van der Waals surface area contributed by atoms with Gasteiger partial charge in [0.2, 0.25) is 0 Å². The number of rotatable bonds is 3. The van der Waals surface area contributed by atoms with Crippen LogP contribution in [0, 0.1) is 5.82 Å². The van der Waals surface area contributed by atoms with Crippen LogP contribution in [-0.2, 0) is 11.2 Å². The summed E-state index contributed by atoms with van der Waals surface area (Å²) >= 11 is 3.40. The summed E-state index contributed by atoms with van der Waals surface area (Å²) in [5.41, 5.74) is 0.467. The monoisotopic (exact) mass is 317 g/mol. The van der Waals surface area contributed by atoms with Gasteiger partial charge in [0.25, 0.3) is 0 Å². The maximum Gasteiger partial charge on any atom is 0.187 e. The van der Waals surface area contributed by atoms with Gasteiger partial charge in [-0.2, -0.15) is 0 Å². The van der Waals surface area contributed by atoms with Crippen molar-refractivity contribution in [3.05, 3.63) is 17.8 Å². The Morgan fingerprint density at radius 3 is 3.00 bits per heavy atom. The molecule has 1 aromatic heterocycles. The van der Waals surface area contributed by atoms with E-state index in [4.69, 9.17) is 4.74 Å². The first-order valence-corrected chi connectivity index (χ1v) is 7.23. The highest BCUT2D eigenvalue weighted by Gasteiger charge is 2.29. The first kappa shape index (κ1) is 13.7. The Kier molecular flexibility index (Phi) is 4.50. The van der Waals surface area contributed by atoms with Crippen molar-refractivity contribution in [1.82, 2.24) is 9.97 Å². The lowest BCUT2D eigenvalue weighted by Gasteiger charge is -2.38. The molecule has 0 bridgehead atoms. The van der Waals surface area contributed by atoms with E-state index in [1.54, 1.807) is 0 Å². The summed E-state index contributed by atoms with van der Waals surface area (Å²) in [7, 11) is 0. The van der Waals surface area contributed by atoms with Gasteiger partial charge < -0.3 is 9.64 Å². The van der Waals surface area contributed by atoms with E-state index in [0.29, 0.717) is 31.1 Å². The molecule has 0 aliphatic carbocycles. The van der Waals surface area contributed by atoms with Crippen molar-refractivity contribution < 1.29 is 9.13 Å². The van der Waals surface area contributed by atoms with Gasteiger partial charge in [0.05, 0.1) is 24.4 Å². The van der Waals surface area contributed by atoms with E-state index in [-0.39, 0.29) is 18.0 Å². The lowest BCUT2D eigenvalue weighted by molar-refractivity contribution is 0.0373. The maximum absolute atomic E-state index is 14.2. The summed E-state index contributed by atoms with van der Waals surface area (Å²) in [6.07, 6.45) is 2.07. The lowest BCUT2D eigenvalue weighted by Crippen LogP contribution is -2.49. The van der Waals surface area contributed by atoms with E-state index >= 15 is 0 Å². The first-order valence-electron chi connectivity index (χ1n) is 6.11. The molecule has 2 atom stereocenters. The minimum atomic E-state index is -0.304. The fourth-order valence-corrected chi connectivity index (χ4v) is 2.44. The number of alkyl halides is 1. The average molecular weight is 318 g/mol. The summed E-state index contributed by atoms with van der Waals surface area (Å²) in [5.74, 6) is 0.0886. The van der Waals surface area contributed by atoms with E-state index in [9.17, 15) is 4.39 Å². The number of hydrogen-bond acceptors (Lipinski definition) is 4. The quantitative estimate of drug-likeness (QED) is 0.801. The predicted octanol–water partition coefficient (Wildman–Crippen LogP) is 2.17. The van der Waals surface area contributed by atoms with Crippen LogP contribution in [0.5, 0.6) is 0 Å². The maximum atomic E-state index is 14.2. The summed E-state index contributed by atoms with van der Waals surface area (Å²) in [4.78, 5) is 10.0. The van der Waals surface area contributed by atoms with Gasteiger partial charge in [0, 0.05) is 11.9 Å². The summed E-state index contributed by atoms with van der Waals surface area (Å²) < 4.78 is 19.9. The second kappa shape index (κ2) is 5.93. The third kappa shape index (κ3) is 2.64. The molecule has 0 aromatic carbocycles. The minimum absolute atomic E-state index is 0.0700. The Hall–Kier alpha value is -0.750. The van der Waals surface area contributed by atoms with Crippen LogP contribution in [0.4, 0.5) is 10.2 Å². The second-order valence-electron chi connectivity index (χ2n) is 4.42. The van der Waals surface area contributed by atoms with E-state index in [0.717, 1.165) is 5.33 Å². The van der Waals surface area contributed by atoms with Gasteiger partial charge in [0.15, 0.2) is 11.6 Å².